The highest BCUT2D eigenvalue weighted by Gasteiger charge is 2.45. The van der Waals surface area contributed by atoms with Gasteiger partial charge in [-0.15, -0.1) is 0 Å². The van der Waals surface area contributed by atoms with Crippen LogP contribution in [0.25, 0.3) is 0 Å². The van der Waals surface area contributed by atoms with Crippen molar-refractivity contribution in [2.75, 3.05) is 26.2 Å². The monoisotopic (exact) mass is 302 g/mol. The molecule has 21 heavy (non-hydrogen) atoms. The number of hydrogen-bond acceptors (Lipinski definition) is 2. The lowest BCUT2D eigenvalue weighted by atomic mass is 9.90. The van der Waals surface area contributed by atoms with Gasteiger partial charge in [0.15, 0.2) is 0 Å². The van der Waals surface area contributed by atoms with Crippen molar-refractivity contribution in [3.63, 3.8) is 0 Å². The van der Waals surface area contributed by atoms with E-state index in [-0.39, 0.29) is 12.1 Å². The second-order valence-corrected chi connectivity index (χ2v) is 8.02. The van der Waals surface area contributed by atoms with Crippen LogP contribution in [-0.2, 0) is 0 Å². The molecule has 2 aliphatic rings. The Morgan fingerprint density at radius 3 is 2.29 bits per heavy atom. The van der Waals surface area contributed by atoms with E-state index in [0.717, 1.165) is 26.1 Å². The standard InChI is InChI=1S/C17H32F2N2/c1-14(20-9-5-6-10-20)12-15-8-7-11-21(16(2,3)4)13-17(15,18)19/h14-15H,5-13H2,1-4H3. The highest BCUT2D eigenvalue weighted by Crippen LogP contribution is 2.38. The Morgan fingerprint density at radius 2 is 1.71 bits per heavy atom. The highest BCUT2D eigenvalue weighted by atomic mass is 19.3. The van der Waals surface area contributed by atoms with Crippen LogP contribution in [0.4, 0.5) is 8.78 Å². The molecule has 2 atom stereocenters. The number of nitrogens with zero attached hydrogens (tertiary/aromatic N) is 2. The number of alkyl halides is 2. The molecule has 0 saturated carbocycles. The molecule has 0 amide bonds. The normalized spacial score (nSPS) is 30.3. The van der Waals surface area contributed by atoms with Crippen LogP contribution in [0.15, 0.2) is 0 Å². The third-order valence-electron chi connectivity index (χ3n) is 5.32. The summed E-state index contributed by atoms with van der Waals surface area (Å²) in [4.78, 5) is 4.36. The Labute approximate surface area is 128 Å². The molecule has 0 aromatic carbocycles. The van der Waals surface area contributed by atoms with Crippen LogP contribution in [-0.4, -0.2) is 53.5 Å². The van der Waals surface area contributed by atoms with Gasteiger partial charge in [0.25, 0.3) is 5.92 Å². The highest BCUT2D eigenvalue weighted by molar-refractivity contribution is 4.91. The van der Waals surface area contributed by atoms with Gasteiger partial charge in [-0.3, -0.25) is 4.90 Å². The van der Waals surface area contributed by atoms with Gasteiger partial charge >= 0.3 is 0 Å². The molecule has 0 aromatic rings. The maximum absolute atomic E-state index is 14.7. The summed E-state index contributed by atoms with van der Waals surface area (Å²) in [5.41, 5.74) is -0.168. The Morgan fingerprint density at radius 1 is 1.10 bits per heavy atom. The van der Waals surface area contributed by atoms with E-state index >= 15 is 0 Å². The van der Waals surface area contributed by atoms with Gasteiger partial charge in [0.2, 0.25) is 0 Å². The summed E-state index contributed by atoms with van der Waals surface area (Å²) in [6, 6.07) is 0.296. The van der Waals surface area contributed by atoms with Crippen molar-refractivity contribution in [2.45, 2.75) is 77.3 Å². The molecular formula is C17H32F2N2. The van der Waals surface area contributed by atoms with E-state index in [9.17, 15) is 8.78 Å². The molecule has 2 fully saturated rings. The molecule has 2 unspecified atom stereocenters. The van der Waals surface area contributed by atoms with Crippen LogP contribution in [0.2, 0.25) is 0 Å². The molecule has 0 spiro atoms. The fourth-order valence-corrected chi connectivity index (χ4v) is 3.81. The van der Waals surface area contributed by atoms with Crippen molar-refractivity contribution < 1.29 is 8.78 Å². The van der Waals surface area contributed by atoms with Gasteiger partial charge in [-0.25, -0.2) is 8.78 Å². The van der Waals surface area contributed by atoms with Crippen LogP contribution >= 0.6 is 0 Å². The second kappa shape index (κ2) is 6.49. The molecule has 0 aromatic heterocycles. The first kappa shape index (κ1) is 17.1. The third kappa shape index (κ3) is 4.38. The predicted octanol–water partition coefficient (Wildman–Crippen LogP) is 4.01. The number of rotatable bonds is 3. The van der Waals surface area contributed by atoms with Crippen molar-refractivity contribution in [1.82, 2.24) is 9.80 Å². The summed E-state index contributed by atoms with van der Waals surface area (Å²) in [5, 5.41) is 0. The molecule has 2 heterocycles. The van der Waals surface area contributed by atoms with Gasteiger partial charge in [-0.1, -0.05) is 0 Å². The molecule has 124 valence electrons. The largest absolute Gasteiger partial charge is 0.301 e. The number of hydrogen-bond donors (Lipinski definition) is 0. The first-order valence-corrected chi connectivity index (χ1v) is 8.57. The smallest absolute Gasteiger partial charge is 0.263 e. The zero-order valence-corrected chi connectivity index (χ0v) is 14.2. The van der Waals surface area contributed by atoms with Crippen molar-refractivity contribution in [1.29, 1.82) is 0 Å². The molecular weight excluding hydrogens is 270 g/mol. The molecule has 2 saturated heterocycles. The molecule has 0 aliphatic carbocycles. The van der Waals surface area contributed by atoms with Crippen LogP contribution in [0.5, 0.6) is 0 Å². The summed E-state index contributed by atoms with van der Waals surface area (Å²) < 4.78 is 29.4. The summed E-state index contributed by atoms with van der Waals surface area (Å²) >= 11 is 0. The first-order valence-electron chi connectivity index (χ1n) is 8.57. The maximum Gasteiger partial charge on any atom is 0.263 e. The summed E-state index contributed by atoms with van der Waals surface area (Å²) in [6.07, 6.45) is 4.65. The van der Waals surface area contributed by atoms with E-state index in [0.29, 0.717) is 18.9 Å². The van der Waals surface area contributed by atoms with Crippen molar-refractivity contribution in [2.24, 2.45) is 5.92 Å². The molecule has 2 rings (SSSR count). The molecule has 2 aliphatic heterocycles. The van der Waals surface area contributed by atoms with Gasteiger partial charge in [-0.05, 0) is 79.4 Å². The summed E-state index contributed by atoms with van der Waals surface area (Å²) in [5.74, 6) is -3.02. The van der Waals surface area contributed by atoms with Crippen molar-refractivity contribution in [3.8, 4) is 0 Å². The number of likely N-dealkylation sites (tertiary alicyclic amines) is 2. The summed E-state index contributed by atoms with van der Waals surface area (Å²) in [7, 11) is 0. The molecule has 0 N–H and O–H groups in total. The van der Waals surface area contributed by atoms with E-state index in [1.807, 2.05) is 25.7 Å². The van der Waals surface area contributed by atoms with E-state index in [4.69, 9.17) is 0 Å². The van der Waals surface area contributed by atoms with Gasteiger partial charge in [0.1, 0.15) is 0 Å². The predicted molar refractivity (Wildman–Crippen MR) is 83.9 cm³/mol. The number of halogens is 2. The van der Waals surface area contributed by atoms with Gasteiger partial charge < -0.3 is 4.90 Å². The fourth-order valence-electron chi connectivity index (χ4n) is 3.81. The van der Waals surface area contributed by atoms with Crippen LogP contribution in [0, 0.1) is 5.92 Å². The SMILES string of the molecule is CC(CC1CCCN(C(C)(C)C)CC1(F)F)N1CCCC1. The van der Waals surface area contributed by atoms with Gasteiger partial charge in [0, 0.05) is 17.5 Å². The molecule has 4 heteroatoms. The lowest BCUT2D eigenvalue weighted by molar-refractivity contribution is -0.0925. The quantitative estimate of drug-likeness (QED) is 0.777. The average molecular weight is 302 g/mol. The van der Waals surface area contributed by atoms with Gasteiger partial charge in [0.05, 0.1) is 6.54 Å². The van der Waals surface area contributed by atoms with E-state index in [1.54, 1.807) is 0 Å². The Bertz CT molecular complexity index is 332. The van der Waals surface area contributed by atoms with Crippen molar-refractivity contribution >= 4 is 0 Å². The lowest BCUT2D eigenvalue weighted by Gasteiger charge is -2.38. The Hall–Kier alpha value is -0.220. The van der Waals surface area contributed by atoms with Crippen LogP contribution < -0.4 is 0 Å². The lowest BCUT2D eigenvalue weighted by Crippen LogP contribution is -2.49. The van der Waals surface area contributed by atoms with E-state index in [1.165, 1.54) is 12.8 Å². The van der Waals surface area contributed by atoms with E-state index < -0.39 is 11.8 Å². The Balaban J connectivity index is 1.99. The second-order valence-electron chi connectivity index (χ2n) is 8.02. The topological polar surface area (TPSA) is 6.48 Å². The molecule has 0 radical (unpaired) electrons. The van der Waals surface area contributed by atoms with Crippen LogP contribution in [0.3, 0.4) is 0 Å². The minimum absolute atomic E-state index is 0.0755. The minimum Gasteiger partial charge on any atom is -0.301 e. The van der Waals surface area contributed by atoms with Crippen LogP contribution in [0.1, 0.15) is 59.8 Å². The zero-order chi connectivity index (χ0) is 15.7. The first-order chi connectivity index (χ1) is 9.70. The Kier molecular flexibility index (Phi) is 5.30. The maximum atomic E-state index is 14.7. The molecule has 2 nitrogen and oxygen atoms in total. The zero-order valence-electron chi connectivity index (χ0n) is 14.2. The molecule has 0 bridgehead atoms. The fraction of sp³-hybridized carbons (Fsp3) is 1.00. The van der Waals surface area contributed by atoms with Crippen molar-refractivity contribution in [3.05, 3.63) is 0 Å². The third-order valence-corrected chi connectivity index (χ3v) is 5.32. The average Bonchev–Trinajstić information content (AvgIpc) is 2.83. The minimum atomic E-state index is -2.56. The summed E-state index contributed by atoms with van der Waals surface area (Å²) in [6.45, 7) is 11.2. The van der Waals surface area contributed by atoms with Gasteiger partial charge in [-0.2, -0.15) is 0 Å². The van der Waals surface area contributed by atoms with E-state index in [2.05, 4.69) is 11.8 Å².